The normalized spacial score (nSPS) is 11.5. The summed E-state index contributed by atoms with van der Waals surface area (Å²) in [5.74, 6) is -0.451. The minimum Gasteiger partial charge on any atom is -0.465 e. The zero-order valence-electron chi connectivity index (χ0n) is 13.6. The molecule has 1 rings (SSSR count). The van der Waals surface area contributed by atoms with Gasteiger partial charge in [0.1, 0.15) is 0 Å². The first-order chi connectivity index (χ1) is 10.5. The van der Waals surface area contributed by atoms with Gasteiger partial charge < -0.3 is 9.30 Å². The predicted molar refractivity (Wildman–Crippen MR) is 89.0 cm³/mol. The molecule has 0 bridgehead atoms. The first-order valence-corrected chi connectivity index (χ1v) is 7.27. The lowest BCUT2D eigenvalue weighted by atomic mass is 10.1. The van der Waals surface area contributed by atoms with Crippen LogP contribution in [0, 0.1) is 0 Å². The minimum absolute atomic E-state index is 0.152. The topological polar surface area (TPSA) is 48.3 Å². The van der Waals surface area contributed by atoms with Gasteiger partial charge in [-0.15, -0.1) is 0 Å². The highest BCUT2D eigenvalue weighted by Crippen LogP contribution is 2.06. The van der Waals surface area contributed by atoms with Gasteiger partial charge in [0.2, 0.25) is 0 Å². The number of nitrogens with zero attached hydrogens (tertiary/aromatic N) is 1. The maximum absolute atomic E-state index is 12.0. The molecule has 0 atom stereocenters. The molecule has 0 fully saturated rings. The number of methoxy groups -OCH3 is 1. The second kappa shape index (κ2) is 8.82. The minimum atomic E-state index is -0.451. The summed E-state index contributed by atoms with van der Waals surface area (Å²) in [6.45, 7) is 6.49. The van der Waals surface area contributed by atoms with Crippen molar-refractivity contribution in [3.8, 4) is 0 Å². The number of aromatic nitrogens is 1. The van der Waals surface area contributed by atoms with Crippen LogP contribution in [-0.2, 0) is 11.3 Å². The fourth-order valence-corrected chi connectivity index (χ4v) is 1.79. The Bertz CT molecular complexity index is 659. The molecule has 0 spiro atoms. The van der Waals surface area contributed by atoms with Gasteiger partial charge in [0.05, 0.1) is 19.2 Å². The largest absolute Gasteiger partial charge is 0.465 e. The molecule has 118 valence electrons. The van der Waals surface area contributed by atoms with Crippen molar-refractivity contribution in [2.24, 2.45) is 0 Å². The van der Waals surface area contributed by atoms with E-state index in [4.69, 9.17) is 0 Å². The van der Waals surface area contributed by atoms with Gasteiger partial charge in [0, 0.05) is 12.3 Å². The Balaban J connectivity index is 3.14. The van der Waals surface area contributed by atoms with Gasteiger partial charge in [0.15, 0.2) is 0 Å². The van der Waals surface area contributed by atoms with Gasteiger partial charge in [-0.05, 0) is 31.9 Å². The van der Waals surface area contributed by atoms with Crippen LogP contribution in [0.15, 0.2) is 58.6 Å². The fourth-order valence-electron chi connectivity index (χ4n) is 1.79. The summed E-state index contributed by atoms with van der Waals surface area (Å²) < 4.78 is 6.20. The number of carbonyl (C=O) groups excluding carboxylic acids is 1. The van der Waals surface area contributed by atoms with Crippen LogP contribution in [0.3, 0.4) is 0 Å². The Kier molecular flexibility index (Phi) is 7.09. The number of rotatable bonds is 6. The van der Waals surface area contributed by atoms with Crippen molar-refractivity contribution in [3.63, 3.8) is 0 Å². The van der Waals surface area contributed by atoms with Gasteiger partial charge in [-0.2, -0.15) is 0 Å². The van der Waals surface area contributed by atoms with Crippen LogP contribution >= 0.6 is 0 Å². The van der Waals surface area contributed by atoms with Crippen LogP contribution in [0.25, 0.3) is 0 Å². The fraction of sp³-hybridized carbons (Fsp3) is 0.333. The van der Waals surface area contributed by atoms with Gasteiger partial charge in [0.25, 0.3) is 5.56 Å². The SMILES string of the molecule is CC/C=C/C(=C\C=C(C)C)Cn1cc(C(=O)OC)ccc1=O. The van der Waals surface area contributed by atoms with E-state index in [1.54, 1.807) is 0 Å². The van der Waals surface area contributed by atoms with Crippen LogP contribution < -0.4 is 5.56 Å². The molecule has 1 aromatic rings. The van der Waals surface area contributed by atoms with Gasteiger partial charge in [-0.3, -0.25) is 4.79 Å². The molecule has 0 aliphatic carbocycles. The highest BCUT2D eigenvalue weighted by atomic mass is 16.5. The quantitative estimate of drug-likeness (QED) is 0.597. The zero-order valence-corrected chi connectivity index (χ0v) is 13.6. The number of esters is 1. The van der Waals surface area contributed by atoms with Crippen LogP contribution in [0.2, 0.25) is 0 Å². The molecule has 0 saturated carbocycles. The van der Waals surface area contributed by atoms with Crippen molar-refractivity contribution in [3.05, 3.63) is 69.7 Å². The number of carbonyl (C=O) groups is 1. The van der Waals surface area contributed by atoms with Crippen molar-refractivity contribution >= 4 is 5.97 Å². The van der Waals surface area contributed by atoms with Crippen molar-refractivity contribution < 1.29 is 9.53 Å². The van der Waals surface area contributed by atoms with E-state index in [1.165, 1.54) is 35.6 Å². The summed E-state index contributed by atoms with van der Waals surface area (Å²) in [5.41, 5.74) is 2.38. The molecular formula is C18H23NO3. The second-order valence-electron chi connectivity index (χ2n) is 5.17. The monoisotopic (exact) mass is 301 g/mol. The van der Waals surface area contributed by atoms with Crippen LogP contribution in [0.1, 0.15) is 37.6 Å². The number of hydrogen-bond acceptors (Lipinski definition) is 3. The van der Waals surface area contributed by atoms with Crippen molar-refractivity contribution in [2.75, 3.05) is 7.11 Å². The number of pyridine rings is 1. The average molecular weight is 301 g/mol. The third-order valence-electron chi connectivity index (χ3n) is 2.96. The third-order valence-corrected chi connectivity index (χ3v) is 2.96. The van der Waals surface area contributed by atoms with Gasteiger partial charge >= 0.3 is 5.97 Å². The lowest BCUT2D eigenvalue weighted by Crippen LogP contribution is -2.21. The molecule has 0 N–H and O–H groups in total. The Labute approximate surface area is 131 Å². The lowest BCUT2D eigenvalue weighted by Gasteiger charge is -2.08. The van der Waals surface area contributed by atoms with E-state index in [9.17, 15) is 9.59 Å². The number of hydrogen-bond donors (Lipinski definition) is 0. The van der Waals surface area contributed by atoms with Crippen LogP contribution in [0.4, 0.5) is 0 Å². The maximum atomic E-state index is 12.0. The third kappa shape index (κ3) is 5.56. The Morgan fingerprint density at radius 1 is 1.27 bits per heavy atom. The lowest BCUT2D eigenvalue weighted by molar-refractivity contribution is 0.0599. The summed E-state index contributed by atoms with van der Waals surface area (Å²) >= 11 is 0. The summed E-state index contributed by atoms with van der Waals surface area (Å²) in [4.78, 5) is 23.5. The summed E-state index contributed by atoms with van der Waals surface area (Å²) in [6, 6.07) is 2.86. The standard InChI is InChI=1S/C18H23NO3/c1-5-6-7-15(9-8-14(2)3)12-19-13-16(18(21)22-4)10-11-17(19)20/h6-11,13H,5,12H2,1-4H3/b7-6+,15-9+. The molecule has 0 unspecified atom stereocenters. The van der Waals surface area contributed by atoms with E-state index >= 15 is 0 Å². The molecule has 22 heavy (non-hydrogen) atoms. The zero-order chi connectivity index (χ0) is 16.5. The number of allylic oxidation sites excluding steroid dienone is 6. The van der Waals surface area contributed by atoms with E-state index in [2.05, 4.69) is 11.7 Å². The molecule has 4 heteroatoms. The molecule has 0 amide bonds. The van der Waals surface area contributed by atoms with E-state index in [0.29, 0.717) is 12.1 Å². The number of ether oxygens (including phenoxy) is 1. The van der Waals surface area contributed by atoms with Gasteiger partial charge in [-0.25, -0.2) is 4.79 Å². The van der Waals surface area contributed by atoms with Crippen LogP contribution in [0.5, 0.6) is 0 Å². The highest BCUT2D eigenvalue weighted by molar-refractivity contribution is 5.88. The van der Waals surface area contributed by atoms with E-state index < -0.39 is 5.97 Å². The molecular weight excluding hydrogens is 278 g/mol. The molecule has 0 radical (unpaired) electrons. The van der Waals surface area contributed by atoms with Crippen molar-refractivity contribution in [2.45, 2.75) is 33.7 Å². The maximum Gasteiger partial charge on any atom is 0.339 e. The van der Waals surface area contributed by atoms with E-state index in [-0.39, 0.29) is 5.56 Å². The Morgan fingerprint density at radius 2 is 2.00 bits per heavy atom. The molecule has 0 aromatic carbocycles. The van der Waals surface area contributed by atoms with E-state index in [1.807, 2.05) is 38.2 Å². The first kappa shape index (κ1) is 17.7. The summed E-state index contributed by atoms with van der Waals surface area (Å²) in [5, 5.41) is 0. The molecule has 0 aliphatic rings. The Hall–Kier alpha value is -2.36. The molecule has 0 aliphatic heterocycles. The van der Waals surface area contributed by atoms with E-state index in [0.717, 1.165) is 12.0 Å². The summed E-state index contributed by atoms with van der Waals surface area (Å²) in [6.07, 6.45) is 10.5. The van der Waals surface area contributed by atoms with Crippen molar-refractivity contribution in [1.82, 2.24) is 4.57 Å². The summed E-state index contributed by atoms with van der Waals surface area (Å²) in [7, 11) is 1.32. The highest BCUT2D eigenvalue weighted by Gasteiger charge is 2.07. The molecule has 1 aromatic heterocycles. The Morgan fingerprint density at radius 3 is 2.59 bits per heavy atom. The smallest absolute Gasteiger partial charge is 0.339 e. The van der Waals surface area contributed by atoms with Gasteiger partial charge in [-0.1, -0.05) is 36.8 Å². The molecule has 4 nitrogen and oxygen atoms in total. The van der Waals surface area contributed by atoms with Crippen LogP contribution in [-0.4, -0.2) is 17.6 Å². The predicted octanol–water partition coefficient (Wildman–Crippen LogP) is 3.49. The van der Waals surface area contributed by atoms with Crippen molar-refractivity contribution in [1.29, 1.82) is 0 Å². The second-order valence-corrected chi connectivity index (χ2v) is 5.17. The first-order valence-electron chi connectivity index (χ1n) is 7.27. The molecule has 0 saturated heterocycles. The average Bonchev–Trinajstić information content (AvgIpc) is 2.50. The molecule has 1 heterocycles.